The fourth-order valence-electron chi connectivity index (χ4n) is 1.94. The van der Waals surface area contributed by atoms with E-state index in [4.69, 9.17) is 9.47 Å². The van der Waals surface area contributed by atoms with E-state index in [1.165, 1.54) is 20.5 Å². The summed E-state index contributed by atoms with van der Waals surface area (Å²) in [4.78, 5) is 35.6. The number of ketones is 1. The third-order valence-corrected chi connectivity index (χ3v) is 3.08. The van der Waals surface area contributed by atoms with Crippen molar-refractivity contribution in [3.05, 3.63) is 11.8 Å². The zero-order valence-corrected chi connectivity index (χ0v) is 15.4. The second-order valence-electron chi connectivity index (χ2n) is 6.32. The van der Waals surface area contributed by atoms with Gasteiger partial charge in [0.15, 0.2) is 5.78 Å². The summed E-state index contributed by atoms with van der Waals surface area (Å²) in [7, 11) is 2.76. The van der Waals surface area contributed by atoms with Crippen LogP contribution in [0.4, 0.5) is 4.79 Å². The van der Waals surface area contributed by atoms with E-state index in [-0.39, 0.29) is 25.0 Å². The highest BCUT2D eigenvalue weighted by atomic mass is 16.6. The summed E-state index contributed by atoms with van der Waals surface area (Å²) >= 11 is 0. The maximum atomic E-state index is 12.3. The van der Waals surface area contributed by atoms with Crippen LogP contribution >= 0.6 is 0 Å². The molecule has 138 valence electrons. The van der Waals surface area contributed by atoms with E-state index in [9.17, 15) is 14.4 Å². The van der Waals surface area contributed by atoms with Gasteiger partial charge < -0.3 is 19.5 Å². The lowest BCUT2D eigenvalue weighted by atomic mass is 10.00. The van der Waals surface area contributed by atoms with Gasteiger partial charge in [0.2, 0.25) is 0 Å². The highest BCUT2D eigenvalue weighted by Gasteiger charge is 2.23. The first-order valence-electron chi connectivity index (χ1n) is 7.94. The van der Waals surface area contributed by atoms with Gasteiger partial charge in [0, 0.05) is 24.5 Å². The Labute approximate surface area is 143 Å². The number of carbonyl (C=O) groups excluding carboxylic acids is 3. The van der Waals surface area contributed by atoms with Crippen molar-refractivity contribution < 1.29 is 28.6 Å². The number of nitrogens with one attached hydrogen (secondary N) is 1. The second-order valence-corrected chi connectivity index (χ2v) is 6.32. The Morgan fingerprint density at radius 2 is 1.79 bits per heavy atom. The molecule has 0 aliphatic rings. The average Bonchev–Trinajstić information content (AvgIpc) is 2.47. The maximum absolute atomic E-state index is 12.3. The molecular formula is C17H29NO6. The predicted molar refractivity (Wildman–Crippen MR) is 89.4 cm³/mol. The molecule has 1 amide bonds. The monoisotopic (exact) mass is 343 g/mol. The quantitative estimate of drug-likeness (QED) is 0.393. The molecular weight excluding hydrogens is 314 g/mol. The number of methoxy groups -OCH3 is 2. The first-order valence-corrected chi connectivity index (χ1v) is 7.94. The molecule has 0 unspecified atom stereocenters. The van der Waals surface area contributed by atoms with Crippen LogP contribution in [0, 0.1) is 0 Å². The van der Waals surface area contributed by atoms with E-state index in [0.717, 1.165) is 0 Å². The van der Waals surface area contributed by atoms with Gasteiger partial charge in [-0.05, 0) is 33.6 Å². The lowest BCUT2D eigenvalue weighted by Gasteiger charge is -2.23. The molecule has 0 saturated carbocycles. The van der Waals surface area contributed by atoms with E-state index in [1.807, 2.05) is 6.92 Å². The molecule has 1 atom stereocenters. The van der Waals surface area contributed by atoms with Gasteiger partial charge in [-0.2, -0.15) is 0 Å². The fourth-order valence-corrected chi connectivity index (χ4v) is 1.94. The summed E-state index contributed by atoms with van der Waals surface area (Å²) in [5, 5.41) is 2.65. The van der Waals surface area contributed by atoms with Crippen molar-refractivity contribution in [3.8, 4) is 0 Å². The Morgan fingerprint density at radius 1 is 1.17 bits per heavy atom. The Bertz CT molecular complexity index is 464. The van der Waals surface area contributed by atoms with E-state index in [1.54, 1.807) is 20.8 Å². The van der Waals surface area contributed by atoms with Crippen LogP contribution in [-0.2, 0) is 23.8 Å². The molecule has 0 aliphatic carbocycles. The predicted octanol–water partition coefficient (Wildman–Crippen LogP) is 2.73. The van der Waals surface area contributed by atoms with Crippen molar-refractivity contribution in [3.63, 3.8) is 0 Å². The van der Waals surface area contributed by atoms with Crippen LogP contribution < -0.4 is 5.32 Å². The largest absolute Gasteiger partial charge is 0.504 e. The summed E-state index contributed by atoms with van der Waals surface area (Å²) in [6, 6.07) is -0.529. The lowest BCUT2D eigenvalue weighted by molar-refractivity contribution is -0.141. The maximum Gasteiger partial charge on any atom is 0.407 e. The molecule has 0 aromatic carbocycles. The number of hydrogen-bond acceptors (Lipinski definition) is 6. The molecule has 0 saturated heterocycles. The van der Waals surface area contributed by atoms with E-state index >= 15 is 0 Å². The summed E-state index contributed by atoms with van der Waals surface area (Å²) in [6.07, 6.45) is 1.72. The standard InChI is InChI=1S/C17H29NO6/c1-7-12(11-22-5)14(19)10-13(8-9-15(20)23-6)18-16(21)24-17(2,3)4/h11,13H,7-10H2,1-6H3,(H,18,21)/b12-11+/t13-/m0/s1. The van der Waals surface area contributed by atoms with Crippen LogP contribution in [-0.4, -0.2) is 43.7 Å². The first-order chi connectivity index (χ1) is 11.1. The number of ether oxygens (including phenoxy) is 3. The molecule has 0 fully saturated rings. The number of Topliss-reactive ketones (excluding diaryl/α,β-unsaturated/α-hetero) is 1. The number of hydrogen-bond donors (Lipinski definition) is 1. The topological polar surface area (TPSA) is 90.9 Å². The van der Waals surface area contributed by atoms with E-state index < -0.39 is 23.7 Å². The molecule has 1 N–H and O–H groups in total. The molecule has 0 radical (unpaired) electrons. The number of alkyl carbamates (subject to hydrolysis) is 1. The number of esters is 1. The first kappa shape index (κ1) is 21.9. The minimum absolute atomic E-state index is 0.0548. The van der Waals surface area contributed by atoms with Crippen molar-refractivity contribution >= 4 is 17.8 Å². The molecule has 0 heterocycles. The molecule has 0 bridgehead atoms. The SMILES string of the molecule is CC/C(=C\OC)C(=O)C[C@H](CCC(=O)OC)NC(=O)OC(C)(C)C. The van der Waals surface area contributed by atoms with Gasteiger partial charge >= 0.3 is 12.1 Å². The minimum Gasteiger partial charge on any atom is -0.504 e. The number of allylic oxidation sites excluding steroid dienone is 1. The van der Waals surface area contributed by atoms with Crippen LogP contribution in [0.15, 0.2) is 11.8 Å². The van der Waals surface area contributed by atoms with Gasteiger partial charge in [-0.25, -0.2) is 4.79 Å². The Balaban J connectivity index is 4.91. The van der Waals surface area contributed by atoms with Crippen LogP contribution in [0.5, 0.6) is 0 Å². The number of amides is 1. The average molecular weight is 343 g/mol. The molecule has 0 spiro atoms. The summed E-state index contributed by atoms with van der Waals surface area (Å²) in [5.74, 6) is -0.549. The Hall–Kier alpha value is -2.05. The highest BCUT2D eigenvalue weighted by Crippen LogP contribution is 2.13. The summed E-state index contributed by atoms with van der Waals surface area (Å²) in [6.45, 7) is 7.08. The Morgan fingerprint density at radius 3 is 2.25 bits per heavy atom. The van der Waals surface area contributed by atoms with E-state index in [2.05, 4.69) is 10.1 Å². The molecule has 7 heteroatoms. The second kappa shape index (κ2) is 10.7. The van der Waals surface area contributed by atoms with Gasteiger partial charge in [0.1, 0.15) is 5.60 Å². The van der Waals surface area contributed by atoms with Crippen LogP contribution in [0.25, 0.3) is 0 Å². The molecule has 24 heavy (non-hydrogen) atoms. The number of rotatable bonds is 9. The van der Waals surface area contributed by atoms with Gasteiger partial charge in [-0.3, -0.25) is 9.59 Å². The molecule has 0 aromatic rings. The van der Waals surface area contributed by atoms with Crippen LogP contribution in [0.2, 0.25) is 0 Å². The molecule has 0 aromatic heterocycles. The fraction of sp³-hybridized carbons (Fsp3) is 0.706. The smallest absolute Gasteiger partial charge is 0.407 e. The van der Waals surface area contributed by atoms with Gasteiger partial charge in [0.25, 0.3) is 0 Å². The zero-order chi connectivity index (χ0) is 18.8. The van der Waals surface area contributed by atoms with E-state index in [0.29, 0.717) is 12.0 Å². The van der Waals surface area contributed by atoms with Crippen molar-refractivity contribution in [1.29, 1.82) is 0 Å². The van der Waals surface area contributed by atoms with Crippen LogP contribution in [0.1, 0.15) is 53.4 Å². The zero-order valence-electron chi connectivity index (χ0n) is 15.4. The summed E-state index contributed by atoms with van der Waals surface area (Å²) < 4.78 is 14.7. The Kier molecular flexibility index (Phi) is 9.76. The highest BCUT2D eigenvalue weighted by molar-refractivity contribution is 5.95. The van der Waals surface area contributed by atoms with Crippen molar-refractivity contribution in [2.24, 2.45) is 0 Å². The minimum atomic E-state index is -0.647. The third kappa shape index (κ3) is 9.86. The van der Waals surface area contributed by atoms with Crippen molar-refractivity contribution in [2.45, 2.75) is 65.0 Å². The van der Waals surface area contributed by atoms with Crippen LogP contribution in [0.3, 0.4) is 0 Å². The van der Waals surface area contributed by atoms with Crippen molar-refractivity contribution in [2.75, 3.05) is 14.2 Å². The number of carbonyl (C=O) groups is 3. The molecule has 0 rings (SSSR count). The lowest BCUT2D eigenvalue weighted by Crippen LogP contribution is -2.40. The van der Waals surface area contributed by atoms with Gasteiger partial charge in [-0.1, -0.05) is 6.92 Å². The van der Waals surface area contributed by atoms with Crippen molar-refractivity contribution in [1.82, 2.24) is 5.32 Å². The molecule has 0 aliphatic heterocycles. The summed E-state index contributed by atoms with van der Waals surface area (Å²) in [5.41, 5.74) is -0.127. The molecule has 7 nitrogen and oxygen atoms in total. The van der Waals surface area contributed by atoms with Gasteiger partial charge in [-0.15, -0.1) is 0 Å². The normalized spacial score (nSPS) is 13.0. The third-order valence-electron chi connectivity index (χ3n) is 3.08. The van der Waals surface area contributed by atoms with Gasteiger partial charge in [0.05, 0.1) is 20.5 Å².